The molecule has 0 bridgehead atoms. The third-order valence-corrected chi connectivity index (χ3v) is 7.29. The van der Waals surface area contributed by atoms with Crippen molar-refractivity contribution >= 4 is 35.1 Å². The van der Waals surface area contributed by atoms with E-state index in [1.54, 1.807) is 9.80 Å². The van der Waals surface area contributed by atoms with Gasteiger partial charge in [0, 0.05) is 23.5 Å². The van der Waals surface area contributed by atoms with E-state index >= 15 is 0 Å². The Morgan fingerprint density at radius 3 is 2.59 bits per heavy atom. The second-order valence-electron chi connectivity index (χ2n) is 7.98. The van der Waals surface area contributed by atoms with Crippen molar-refractivity contribution in [1.29, 1.82) is 0 Å². The molecular formula is C25H22FN3O2S. The molecule has 162 valence electrons. The van der Waals surface area contributed by atoms with Gasteiger partial charge < -0.3 is 10.2 Å². The largest absolute Gasteiger partial charge is 0.323 e. The van der Waals surface area contributed by atoms with Crippen LogP contribution >= 0.6 is 11.8 Å². The summed E-state index contributed by atoms with van der Waals surface area (Å²) in [6.07, 6.45) is 0. The van der Waals surface area contributed by atoms with Crippen LogP contribution in [0.4, 0.5) is 20.6 Å². The highest BCUT2D eigenvalue weighted by Gasteiger charge is 2.59. The minimum absolute atomic E-state index is 0.112. The number of hydrogen-bond acceptors (Lipinski definition) is 3. The molecule has 1 atom stereocenters. The average molecular weight is 448 g/mol. The van der Waals surface area contributed by atoms with Gasteiger partial charge in [-0.25, -0.2) is 9.18 Å². The molecule has 1 N–H and O–H groups in total. The normalized spacial score (nSPS) is 19.5. The Morgan fingerprint density at radius 1 is 1.09 bits per heavy atom. The fourth-order valence-corrected chi connectivity index (χ4v) is 5.83. The molecule has 0 aromatic heterocycles. The Bertz CT molecular complexity index is 1190. The van der Waals surface area contributed by atoms with Crippen LogP contribution < -0.4 is 10.2 Å². The average Bonchev–Trinajstić information content (AvgIpc) is 3.33. The molecule has 2 heterocycles. The first-order valence-electron chi connectivity index (χ1n) is 10.4. The number of halogens is 1. The van der Waals surface area contributed by atoms with Gasteiger partial charge in [-0.2, -0.15) is 0 Å². The van der Waals surface area contributed by atoms with Gasteiger partial charge in [-0.1, -0.05) is 48.0 Å². The lowest BCUT2D eigenvalue weighted by Gasteiger charge is -2.33. The van der Waals surface area contributed by atoms with E-state index in [9.17, 15) is 14.0 Å². The van der Waals surface area contributed by atoms with Crippen LogP contribution in [0.2, 0.25) is 0 Å². The van der Waals surface area contributed by atoms with Crippen molar-refractivity contribution in [1.82, 2.24) is 4.90 Å². The molecule has 5 rings (SSSR count). The zero-order valence-corrected chi connectivity index (χ0v) is 18.4. The summed E-state index contributed by atoms with van der Waals surface area (Å²) in [5.41, 5.74) is 4.21. The number of anilines is 2. The summed E-state index contributed by atoms with van der Waals surface area (Å²) >= 11 is 1.49. The van der Waals surface area contributed by atoms with Crippen molar-refractivity contribution < 1.29 is 14.0 Å². The highest BCUT2D eigenvalue weighted by atomic mass is 32.2. The molecule has 2 aliphatic rings. The molecule has 32 heavy (non-hydrogen) atoms. The van der Waals surface area contributed by atoms with Crippen LogP contribution in [-0.4, -0.2) is 29.1 Å². The number of hydrogen-bond donors (Lipinski definition) is 1. The van der Waals surface area contributed by atoms with Gasteiger partial charge in [-0.3, -0.25) is 9.69 Å². The Balaban J connectivity index is 1.53. The standard InChI is InChI=1S/C25H22FN3O2S/c1-17-7-12-22-21(15-17)25(23(30)28(22)16-18-5-3-2-4-6-18)29(13-14-32-25)24(31)27-20-10-8-19(26)9-11-20/h2-12,15H,13-14,16H2,1H3,(H,27,31)/t25-/m0/s1. The Kier molecular flexibility index (Phi) is 5.13. The number of rotatable bonds is 3. The predicted octanol–water partition coefficient (Wildman–Crippen LogP) is 5.11. The minimum Gasteiger partial charge on any atom is -0.308 e. The third kappa shape index (κ3) is 3.33. The molecule has 0 unspecified atom stereocenters. The van der Waals surface area contributed by atoms with Crippen molar-refractivity contribution in [2.24, 2.45) is 0 Å². The van der Waals surface area contributed by atoms with Gasteiger partial charge in [0.25, 0.3) is 5.91 Å². The summed E-state index contributed by atoms with van der Waals surface area (Å²) in [6, 6.07) is 21.1. The monoisotopic (exact) mass is 447 g/mol. The van der Waals surface area contributed by atoms with Gasteiger partial charge in [-0.05, 0) is 42.8 Å². The van der Waals surface area contributed by atoms with Gasteiger partial charge in [0.15, 0.2) is 4.87 Å². The Labute approximate surface area is 190 Å². The highest BCUT2D eigenvalue weighted by molar-refractivity contribution is 8.01. The quantitative estimate of drug-likeness (QED) is 0.607. The number of nitrogens with one attached hydrogen (secondary N) is 1. The third-order valence-electron chi connectivity index (χ3n) is 5.87. The molecule has 1 fully saturated rings. The van der Waals surface area contributed by atoms with Crippen LogP contribution in [-0.2, 0) is 16.2 Å². The molecule has 3 aromatic rings. The lowest BCUT2D eigenvalue weighted by Crippen LogP contribution is -2.51. The predicted molar refractivity (Wildman–Crippen MR) is 125 cm³/mol. The Morgan fingerprint density at radius 2 is 1.84 bits per heavy atom. The van der Waals surface area contributed by atoms with Crippen LogP contribution in [0.5, 0.6) is 0 Å². The first kappa shape index (κ1) is 20.6. The SMILES string of the molecule is Cc1ccc2c(c1)[C@]1(SCCN1C(=O)Nc1ccc(F)cc1)C(=O)N2Cc1ccccc1. The molecule has 3 aromatic carbocycles. The first-order chi connectivity index (χ1) is 15.5. The number of nitrogens with zero attached hydrogens (tertiary/aromatic N) is 2. The number of thioether (sulfide) groups is 1. The van der Waals surface area contributed by atoms with E-state index in [-0.39, 0.29) is 17.8 Å². The fourth-order valence-electron chi connectivity index (χ4n) is 4.38. The molecule has 1 spiro atoms. The molecule has 0 radical (unpaired) electrons. The van der Waals surface area contributed by atoms with E-state index in [0.717, 1.165) is 22.4 Å². The summed E-state index contributed by atoms with van der Waals surface area (Å²) < 4.78 is 13.3. The van der Waals surface area contributed by atoms with E-state index in [4.69, 9.17) is 0 Å². The topological polar surface area (TPSA) is 52.7 Å². The van der Waals surface area contributed by atoms with Gasteiger partial charge in [0.2, 0.25) is 0 Å². The van der Waals surface area contributed by atoms with Crippen LogP contribution in [0.25, 0.3) is 0 Å². The van der Waals surface area contributed by atoms with Gasteiger partial charge in [-0.15, -0.1) is 11.8 Å². The summed E-state index contributed by atoms with van der Waals surface area (Å²) in [4.78, 5) is 29.5. The molecular weight excluding hydrogens is 425 g/mol. The number of carbonyl (C=O) groups excluding carboxylic acids is 2. The molecule has 3 amide bonds. The number of aryl methyl sites for hydroxylation is 1. The van der Waals surface area contributed by atoms with E-state index in [0.29, 0.717) is 24.5 Å². The van der Waals surface area contributed by atoms with E-state index < -0.39 is 4.87 Å². The first-order valence-corrected chi connectivity index (χ1v) is 11.4. The van der Waals surface area contributed by atoms with Crippen LogP contribution in [0.3, 0.4) is 0 Å². The number of amides is 3. The Hall–Kier alpha value is -3.32. The number of urea groups is 1. The molecule has 0 aliphatic carbocycles. The van der Waals surface area contributed by atoms with E-state index in [2.05, 4.69) is 5.32 Å². The molecule has 1 saturated heterocycles. The molecule has 2 aliphatic heterocycles. The maximum Gasteiger partial charge on any atom is 0.323 e. The summed E-state index contributed by atoms with van der Waals surface area (Å²) in [7, 11) is 0. The smallest absolute Gasteiger partial charge is 0.308 e. The lowest BCUT2D eigenvalue weighted by molar-refractivity contribution is -0.123. The molecule has 0 saturated carbocycles. The zero-order chi connectivity index (χ0) is 22.3. The van der Waals surface area contributed by atoms with Gasteiger partial charge in [0.1, 0.15) is 5.82 Å². The maximum absolute atomic E-state index is 13.9. The summed E-state index contributed by atoms with van der Waals surface area (Å²) in [5.74, 6) is 0.164. The lowest BCUT2D eigenvalue weighted by atomic mass is 10.0. The maximum atomic E-state index is 13.9. The van der Waals surface area contributed by atoms with Crippen LogP contribution in [0.1, 0.15) is 16.7 Å². The fraction of sp³-hybridized carbons (Fsp3) is 0.200. The number of carbonyl (C=O) groups is 2. The van der Waals surface area contributed by atoms with E-state index in [1.165, 1.54) is 36.0 Å². The highest BCUT2D eigenvalue weighted by Crippen LogP contribution is 2.54. The number of fused-ring (bicyclic) bond motifs is 2. The van der Waals surface area contributed by atoms with Crippen molar-refractivity contribution in [3.05, 3.63) is 95.3 Å². The van der Waals surface area contributed by atoms with E-state index in [1.807, 2.05) is 55.5 Å². The second-order valence-corrected chi connectivity index (χ2v) is 9.27. The van der Waals surface area contributed by atoms with Gasteiger partial charge >= 0.3 is 6.03 Å². The summed E-state index contributed by atoms with van der Waals surface area (Å²) in [5, 5.41) is 2.83. The van der Waals surface area contributed by atoms with Crippen molar-refractivity contribution in [2.75, 3.05) is 22.5 Å². The minimum atomic E-state index is -1.11. The second kappa shape index (κ2) is 7.98. The van der Waals surface area contributed by atoms with Crippen LogP contribution in [0, 0.1) is 12.7 Å². The van der Waals surface area contributed by atoms with Crippen molar-refractivity contribution in [3.63, 3.8) is 0 Å². The van der Waals surface area contributed by atoms with Gasteiger partial charge in [0.05, 0.1) is 12.2 Å². The molecule has 5 nitrogen and oxygen atoms in total. The zero-order valence-electron chi connectivity index (χ0n) is 17.5. The van der Waals surface area contributed by atoms with Crippen molar-refractivity contribution in [2.45, 2.75) is 18.3 Å². The molecule has 7 heteroatoms. The number of benzene rings is 3. The van der Waals surface area contributed by atoms with Crippen molar-refractivity contribution in [3.8, 4) is 0 Å². The van der Waals surface area contributed by atoms with Crippen LogP contribution in [0.15, 0.2) is 72.8 Å². The summed E-state index contributed by atoms with van der Waals surface area (Å²) in [6.45, 7) is 2.86.